The summed E-state index contributed by atoms with van der Waals surface area (Å²) < 4.78 is 9.98. The second-order valence-corrected chi connectivity index (χ2v) is 31.8. The van der Waals surface area contributed by atoms with Crippen LogP contribution >= 0.6 is 11.3 Å². The Morgan fingerprint density at radius 2 is 1.16 bits per heavy atom. The molecule has 0 unspecified atom stereocenters. The van der Waals surface area contributed by atoms with Crippen LogP contribution in [-0.4, -0.2) is 6.71 Å². The maximum absolute atomic E-state index is 7.19. The third-order valence-electron chi connectivity index (χ3n) is 23.7. The Labute approximate surface area is 540 Å². The summed E-state index contributed by atoms with van der Waals surface area (Å²) in [5, 5.41) is 3.62. The summed E-state index contributed by atoms with van der Waals surface area (Å²) in [4.78, 5) is 7.91. The molecule has 6 aliphatic carbocycles. The van der Waals surface area contributed by atoms with Crippen molar-refractivity contribution in [2.24, 2.45) is 23.7 Å². The van der Waals surface area contributed by atoms with Crippen LogP contribution in [0.2, 0.25) is 0 Å². The minimum atomic E-state index is -0.0759. The van der Waals surface area contributed by atoms with Crippen molar-refractivity contribution in [3.63, 3.8) is 0 Å². The van der Waals surface area contributed by atoms with E-state index in [4.69, 9.17) is 4.42 Å². The number of benzene rings is 10. The molecule has 12 aromatic rings. The molecule has 0 radical (unpaired) electrons. The molecule has 91 heavy (non-hydrogen) atoms. The second-order valence-electron chi connectivity index (χ2n) is 30.8. The summed E-state index contributed by atoms with van der Waals surface area (Å²) in [6, 6.07) is 80.0. The molecule has 0 atom stereocenters. The summed E-state index contributed by atoms with van der Waals surface area (Å²) in [7, 11) is 0. The number of furan rings is 1. The number of rotatable bonds is 6. The van der Waals surface area contributed by atoms with E-state index in [0.717, 1.165) is 68.6 Å². The maximum Gasteiger partial charge on any atom is 0.264 e. The Morgan fingerprint density at radius 3 is 1.92 bits per heavy atom. The molecule has 6 heteroatoms. The zero-order valence-corrected chi connectivity index (χ0v) is 54.4. The number of fused-ring (bicyclic) bond motifs is 13. The lowest BCUT2D eigenvalue weighted by atomic mass is 9.36. The number of hydrogen-bond acceptors (Lipinski definition) is 5. The van der Waals surface area contributed by atoms with E-state index in [0.29, 0.717) is 11.8 Å². The minimum Gasteiger partial charge on any atom is -0.454 e. The van der Waals surface area contributed by atoms with Gasteiger partial charge in [-0.05, 0) is 232 Å². The van der Waals surface area contributed by atoms with Crippen LogP contribution in [0.1, 0.15) is 127 Å². The molecular formula is C85H76BN3OS. The summed E-state index contributed by atoms with van der Waals surface area (Å²) >= 11 is 2.05. The molecule has 4 saturated carbocycles. The topological polar surface area (TPSA) is 22.9 Å². The van der Waals surface area contributed by atoms with E-state index in [1.807, 2.05) is 0 Å². The van der Waals surface area contributed by atoms with Gasteiger partial charge in [0.2, 0.25) is 0 Å². The lowest BCUT2D eigenvalue weighted by molar-refractivity contribution is -0.0399. The first-order valence-corrected chi connectivity index (χ1v) is 34.6. The number of hydrogen-bond donors (Lipinski definition) is 0. The molecule has 10 aromatic carbocycles. The largest absolute Gasteiger partial charge is 0.454 e. The van der Waals surface area contributed by atoms with E-state index < -0.39 is 0 Å². The van der Waals surface area contributed by atoms with Crippen LogP contribution in [0.3, 0.4) is 0 Å². The highest BCUT2D eigenvalue weighted by atomic mass is 32.1. The molecule has 0 N–H and O–H groups in total. The Hall–Kier alpha value is -8.58. The number of para-hydroxylation sites is 3. The molecule has 4 bridgehead atoms. The molecule has 4 heterocycles. The lowest BCUT2D eigenvalue weighted by Gasteiger charge is -2.61. The van der Waals surface area contributed by atoms with Gasteiger partial charge in [-0.2, -0.15) is 0 Å². The van der Waals surface area contributed by atoms with Crippen LogP contribution in [0, 0.1) is 30.6 Å². The second kappa shape index (κ2) is 19.0. The number of nitrogens with zero attached hydrogens (tertiary/aromatic N) is 3. The number of aryl methyl sites for hydroxylation is 1. The first-order chi connectivity index (χ1) is 44.1. The van der Waals surface area contributed by atoms with E-state index in [1.54, 1.807) is 11.1 Å². The zero-order valence-electron chi connectivity index (χ0n) is 53.6. The van der Waals surface area contributed by atoms with E-state index in [2.05, 4.69) is 288 Å². The third-order valence-corrected chi connectivity index (χ3v) is 24.9. The fourth-order valence-electron chi connectivity index (χ4n) is 19.6. The van der Waals surface area contributed by atoms with Crippen molar-refractivity contribution in [1.29, 1.82) is 0 Å². The molecule has 1 spiro atoms. The minimum absolute atomic E-state index is 0.00424. The van der Waals surface area contributed by atoms with Gasteiger partial charge in [-0.25, -0.2) is 0 Å². The smallest absolute Gasteiger partial charge is 0.264 e. The van der Waals surface area contributed by atoms with Crippen molar-refractivity contribution in [2.45, 2.75) is 122 Å². The first-order valence-electron chi connectivity index (χ1n) is 33.8. The predicted molar refractivity (Wildman–Crippen MR) is 385 cm³/mol. The first kappa shape index (κ1) is 54.2. The molecule has 2 aromatic heterocycles. The maximum atomic E-state index is 7.19. The van der Waals surface area contributed by atoms with E-state index in [9.17, 15) is 0 Å². The highest BCUT2D eigenvalue weighted by Crippen LogP contribution is 2.70. The highest BCUT2D eigenvalue weighted by molar-refractivity contribution is 7.33. The van der Waals surface area contributed by atoms with Crippen molar-refractivity contribution in [1.82, 2.24) is 0 Å². The van der Waals surface area contributed by atoms with Gasteiger partial charge in [-0.1, -0.05) is 176 Å². The van der Waals surface area contributed by atoms with Gasteiger partial charge >= 0.3 is 0 Å². The normalized spacial score (nSPS) is 21.7. The SMILES string of the molecule is Cc1cc2c3c(c1)N(c1cccc4c1oc1ccccc14)c1cc(N(c4ccc(C(C)(C)C)cc4)c4ccccc4-c4ccccc4)ccc1B3c1sc3cc4c(cc3c1N2c1ccc2c(c1)C1(c3ccccc3-2)C2CC3CC(C2)CC1C3)C(C)(C)CCC4(C)C. The molecule has 0 saturated heterocycles. The Bertz CT molecular complexity index is 5030. The Balaban J connectivity index is 0.900. The zero-order chi connectivity index (χ0) is 61.2. The Morgan fingerprint density at radius 1 is 0.516 bits per heavy atom. The van der Waals surface area contributed by atoms with Crippen molar-refractivity contribution in [3.8, 4) is 22.3 Å². The molecule has 4 nitrogen and oxygen atoms in total. The van der Waals surface area contributed by atoms with Gasteiger partial charge in [0, 0.05) is 70.7 Å². The van der Waals surface area contributed by atoms with Crippen molar-refractivity contribution < 1.29 is 4.42 Å². The third kappa shape index (κ3) is 7.63. The molecular weight excluding hydrogens is 1120 g/mol. The van der Waals surface area contributed by atoms with Gasteiger partial charge in [0.25, 0.3) is 6.71 Å². The van der Waals surface area contributed by atoms with Crippen LogP contribution in [-0.2, 0) is 21.7 Å². The van der Waals surface area contributed by atoms with E-state index in [-0.39, 0.29) is 28.4 Å². The number of thiophene rings is 1. The van der Waals surface area contributed by atoms with Crippen LogP contribution < -0.4 is 30.4 Å². The standard InChI is InChI=1S/C85H76BN3OS/c1-50-39-74-78-75(40-50)89(72-27-18-24-64-63-23-14-17-28-76(63)90-80(64)72)73-47-59(87(57-31-29-54(30-32-57)82(2,3)4)71-26-16-13-21-60(71)53-19-10-9-11-20-53)34-36-70(73)86(78)81-79(65-48-68-69(49-77(65)91-81)84(7,8)38-37-83(68,5)6)88(74)58-33-35-62-61-22-12-15-25-66(61)85(67(62)46-58)55-42-51-41-52(44-55)45-56(85)43-51/h9-36,39-40,46-49,51-52,55-56H,37-38,41-45H2,1-8H3. The highest BCUT2D eigenvalue weighted by Gasteiger charge is 2.62. The van der Waals surface area contributed by atoms with Gasteiger partial charge in [0.1, 0.15) is 5.58 Å². The quantitative estimate of drug-likeness (QED) is 0.155. The molecule has 8 aliphatic rings. The fraction of sp³-hybridized carbons (Fsp3) is 0.271. The summed E-state index contributed by atoms with van der Waals surface area (Å²) in [6.07, 6.45) is 9.20. The van der Waals surface area contributed by atoms with Gasteiger partial charge in [-0.15, -0.1) is 11.3 Å². The molecule has 446 valence electrons. The number of anilines is 9. The predicted octanol–water partition coefficient (Wildman–Crippen LogP) is 21.7. The van der Waals surface area contributed by atoms with Gasteiger partial charge in [0.15, 0.2) is 5.58 Å². The van der Waals surface area contributed by atoms with Crippen molar-refractivity contribution in [3.05, 3.63) is 240 Å². The fourth-order valence-corrected chi connectivity index (χ4v) is 20.9. The van der Waals surface area contributed by atoms with Crippen LogP contribution in [0.4, 0.5) is 51.2 Å². The van der Waals surface area contributed by atoms with E-state index in [1.165, 1.54) is 132 Å². The summed E-state index contributed by atoms with van der Waals surface area (Å²) in [5.41, 5.74) is 29.2. The van der Waals surface area contributed by atoms with Crippen molar-refractivity contribution >= 4 is 117 Å². The lowest BCUT2D eigenvalue weighted by Crippen LogP contribution is -2.60. The molecule has 4 fully saturated rings. The van der Waals surface area contributed by atoms with Crippen LogP contribution in [0.25, 0.3) is 54.3 Å². The molecule has 0 amide bonds. The molecule has 20 rings (SSSR count). The average Bonchev–Trinajstić information content (AvgIpc) is 1.65. The summed E-state index contributed by atoms with van der Waals surface area (Å²) in [6.45, 7) is 19.2. The van der Waals surface area contributed by atoms with Crippen LogP contribution in [0.15, 0.2) is 211 Å². The van der Waals surface area contributed by atoms with Gasteiger partial charge in [-0.3, -0.25) is 0 Å². The van der Waals surface area contributed by atoms with Crippen LogP contribution in [0.5, 0.6) is 0 Å². The van der Waals surface area contributed by atoms with Crippen molar-refractivity contribution in [2.75, 3.05) is 14.7 Å². The molecule has 2 aliphatic heterocycles. The summed E-state index contributed by atoms with van der Waals surface area (Å²) in [5.74, 6) is 3.06. The monoisotopic (exact) mass is 1200 g/mol. The van der Waals surface area contributed by atoms with Gasteiger partial charge < -0.3 is 19.1 Å². The average molecular weight is 1200 g/mol. The Kier molecular flexibility index (Phi) is 11.3. The van der Waals surface area contributed by atoms with Gasteiger partial charge in [0.05, 0.1) is 17.1 Å². The van der Waals surface area contributed by atoms with E-state index >= 15 is 0 Å².